The first-order valence-corrected chi connectivity index (χ1v) is 10.3. The lowest BCUT2D eigenvalue weighted by atomic mass is 9.99. The van der Waals surface area contributed by atoms with E-state index < -0.39 is 17.6 Å². The fraction of sp³-hybridized carbons (Fsp3) is 0.154. The van der Waals surface area contributed by atoms with Gasteiger partial charge in [0, 0.05) is 6.07 Å². The van der Waals surface area contributed by atoms with E-state index in [9.17, 15) is 14.0 Å². The van der Waals surface area contributed by atoms with Crippen LogP contribution in [0.1, 0.15) is 16.7 Å². The molecule has 4 rings (SSSR count). The summed E-state index contributed by atoms with van der Waals surface area (Å²) in [5, 5.41) is 3.10. The third-order valence-corrected chi connectivity index (χ3v) is 5.63. The Balaban J connectivity index is 1.85. The second-order valence-corrected chi connectivity index (χ2v) is 7.66. The summed E-state index contributed by atoms with van der Waals surface area (Å²) in [4.78, 5) is 28.0. The Morgan fingerprint density at radius 1 is 0.818 bits per heavy atom. The second-order valence-electron chi connectivity index (χ2n) is 7.66. The van der Waals surface area contributed by atoms with E-state index >= 15 is 0 Å². The number of benzene rings is 3. The molecule has 3 aromatic rings. The zero-order chi connectivity index (χ0) is 23.7. The molecule has 0 unspecified atom stereocenters. The van der Waals surface area contributed by atoms with Gasteiger partial charge < -0.3 is 14.8 Å². The minimum atomic E-state index is -0.544. The van der Waals surface area contributed by atoms with Crippen LogP contribution in [0.5, 0.6) is 11.5 Å². The molecule has 33 heavy (non-hydrogen) atoms. The van der Waals surface area contributed by atoms with Crippen molar-refractivity contribution in [3.63, 3.8) is 0 Å². The average molecular weight is 446 g/mol. The van der Waals surface area contributed by atoms with Gasteiger partial charge in [-0.15, -0.1) is 0 Å². The summed E-state index contributed by atoms with van der Waals surface area (Å²) < 4.78 is 24.1. The van der Waals surface area contributed by atoms with Crippen molar-refractivity contribution >= 4 is 28.8 Å². The Hall–Kier alpha value is -4.13. The number of carbonyl (C=O) groups excluding carboxylic acids is 2. The van der Waals surface area contributed by atoms with E-state index in [1.165, 1.54) is 31.4 Å². The van der Waals surface area contributed by atoms with E-state index in [2.05, 4.69) is 5.32 Å². The lowest BCUT2D eigenvalue weighted by molar-refractivity contribution is -0.120. The largest absolute Gasteiger partial charge is 0.497 e. The van der Waals surface area contributed by atoms with Gasteiger partial charge in [0.2, 0.25) is 0 Å². The molecule has 0 radical (unpaired) electrons. The number of aryl methyl sites for hydroxylation is 2. The van der Waals surface area contributed by atoms with E-state index in [-0.39, 0.29) is 17.0 Å². The highest BCUT2D eigenvalue weighted by atomic mass is 19.1. The molecule has 3 aromatic carbocycles. The SMILES string of the molecule is COc1ccc(NC2=C(c3ccc(C)c(C)c3)C(=O)N(c3ccc(F)cc3)C2=O)c(OC)c1. The number of anilines is 2. The van der Waals surface area contributed by atoms with Gasteiger partial charge in [-0.25, -0.2) is 9.29 Å². The Bertz CT molecular complexity index is 1280. The molecule has 7 heteroatoms. The van der Waals surface area contributed by atoms with Crippen LogP contribution < -0.4 is 19.7 Å². The van der Waals surface area contributed by atoms with Crippen LogP contribution in [0.25, 0.3) is 5.57 Å². The smallest absolute Gasteiger partial charge is 0.282 e. The molecule has 1 N–H and O–H groups in total. The van der Waals surface area contributed by atoms with E-state index in [1.807, 2.05) is 32.0 Å². The number of amides is 2. The quantitative estimate of drug-likeness (QED) is 0.548. The van der Waals surface area contributed by atoms with Crippen LogP contribution >= 0.6 is 0 Å². The molecule has 0 saturated carbocycles. The van der Waals surface area contributed by atoms with Crippen LogP contribution in [0.2, 0.25) is 0 Å². The third kappa shape index (κ3) is 4.05. The summed E-state index contributed by atoms with van der Waals surface area (Å²) in [6.45, 7) is 3.92. The number of hydrogen-bond donors (Lipinski definition) is 1. The van der Waals surface area contributed by atoms with E-state index in [0.29, 0.717) is 22.7 Å². The molecule has 0 spiro atoms. The monoisotopic (exact) mass is 446 g/mol. The van der Waals surface area contributed by atoms with Gasteiger partial charge in [0.15, 0.2) is 0 Å². The Morgan fingerprint density at radius 2 is 1.55 bits per heavy atom. The molecular formula is C26H23FN2O4. The highest BCUT2D eigenvalue weighted by molar-refractivity contribution is 6.46. The number of halogens is 1. The standard InChI is InChI=1S/C26H23FN2O4/c1-15-5-6-17(13-16(15)2)23-24(28-21-12-11-20(32-3)14-22(21)33-4)26(31)29(25(23)30)19-9-7-18(27)8-10-19/h5-14,28H,1-4H3. The van der Waals surface area contributed by atoms with Gasteiger partial charge in [-0.2, -0.15) is 0 Å². The molecule has 1 heterocycles. The molecule has 2 amide bonds. The topological polar surface area (TPSA) is 67.9 Å². The van der Waals surface area contributed by atoms with Gasteiger partial charge in [0.1, 0.15) is 23.0 Å². The average Bonchev–Trinajstić information content (AvgIpc) is 3.06. The fourth-order valence-corrected chi connectivity index (χ4v) is 3.67. The second kappa shape index (κ2) is 8.78. The summed E-state index contributed by atoms with van der Waals surface area (Å²) >= 11 is 0. The molecule has 0 aromatic heterocycles. The molecule has 6 nitrogen and oxygen atoms in total. The highest BCUT2D eigenvalue weighted by Crippen LogP contribution is 2.37. The first-order chi connectivity index (χ1) is 15.8. The lowest BCUT2D eigenvalue weighted by Gasteiger charge is -2.16. The maximum absolute atomic E-state index is 13.5. The summed E-state index contributed by atoms with van der Waals surface area (Å²) in [5.74, 6) is -0.464. The molecule has 0 bridgehead atoms. The summed E-state index contributed by atoms with van der Waals surface area (Å²) in [6, 6.07) is 15.9. The van der Waals surface area contributed by atoms with Gasteiger partial charge in [0.05, 0.1) is 31.2 Å². The third-order valence-electron chi connectivity index (χ3n) is 5.63. The number of ether oxygens (including phenoxy) is 2. The predicted molar refractivity (Wildman–Crippen MR) is 125 cm³/mol. The molecule has 0 saturated heterocycles. The molecule has 0 fully saturated rings. The molecule has 0 aliphatic carbocycles. The summed E-state index contributed by atoms with van der Waals surface area (Å²) in [7, 11) is 3.05. The number of hydrogen-bond acceptors (Lipinski definition) is 5. The molecular weight excluding hydrogens is 423 g/mol. The van der Waals surface area contributed by atoms with Gasteiger partial charge >= 0.3 is 0 Å². The first kappa shape index (κ1) is 22.1. The number of rotatable bonds is 6. The van der Waals surface area contributed by atoms with Crippen molar-refractivity contribution in [3.05, 3.63) is 88.9 Å². The van der Waals surface area contributed by atoms with Gasteiger partial charge in [-0.05, 0) is 66.9 Å². The van der Waals surface area contributed by atoms with Crippen LogP contribution in [0.4, 0.5) is 15.8 Å². The predicted octanol–water partition coefficient (Wildman–Crippen LogP) is 4.86. The zero-order valence-electron chi connectivity index (χ0n) is 18.7. The number of imide groups is 1. The van der Waals surface area contributed by atoms with Gasteiger partial charge in [0.25, 0.3) is 11.8 Å². The number of carbonyl (C=O) groups is 2. The first-order valence-electron chi connectivity index (χ1n) is 10.3. The van der Waals surface area contributed by atoms with Crippen LogP contribution in [-0.2, 0) is 9.59 Å². The van der Waals surface area contributed by atoms with Crippen molar-refractivity contribution in [2.24, 2.45) is 0 Å². The number of methoxy groups -OCH3 is 2. The van der Waals surface area contributed by atoms with Crippen molar-refractivity contribution in [2.75, 3.05) is 24.4 Å². The van der Waals surface area contributed by atoms with Crippen LogP contribution in [0.15, 0.2) is 66.4 Å². The molecule has 168 valence electrons. The maximum atomic E-state index is 13.5. The summed E-state index contributed by atoms with van der Waals surface area (Å²) in [5.41, 5.74) is 3.78. The molecule has 1 aliphatic rings. The zero-order valence-corrected chi connectivity index (χ0v) is 18.7. The van der Waals surface area contributed by atoms with Crippen molar-refractivity contribution in [3.8, 4) is 11.5 Å². The van der Waals surface area contributed by atoms with Crippen molar-refractivity contribution in [1.29, 1.82) is 0 Å². The van der Waals surface area contributed by atoms with Crippen LogP contribution in [0, 0.1) is 19.7 Å². The molecule has 1 aliphatic heterocycles. The van der Waals surface area contributed by atoms with Crippen molar-refractivity contribution in [2.45, 2.75) is 13.8 Å². The molecule has 0 atom stereocenters. The van der Waals surface area contributed by atoms with Crippen molar-refractivity contribution in [1.82, 2.24) is 0 Å². The number of nitrogens with zero attached hydrogens (tertiary/aromatic N) is 1. The fourth-order valence-electron chi connectivity index (χ4n) is 3.67. The van der Waals surface area contributed by atoms with Gasteiger partial charge in [-0.3, -0.25) is 9.59 Å². The minimum Gasteiger partial charge on any atom is -0.497 e. The Morgan fingerprint density at radius 3 is 2.18 bits per heavy atom. The van der Waals surface area contributed by atoms with E-state index in [1.54, 1.807) is 25.3 Å². The van der Waals surface area contributed by atoms with Gasteiger partial charge in [-0.1, -0.05) is 18.2 Å². The normalized spacial score (nSPS) is 13.5. The summed E-state index contributed by atoms with van der Waals surface area (Å²) in [6.07, 6.45) is 0. The Labute approximate surface area is 191 Å². The van der Waals surface area contributed by atoms with E-state index in [4.69, 9.17) is 9.47 Å². The highest BCUT2D eigenvalue weighted by Gasteiger charge is 2.40. The van der Waals surface area contributed by atoms with Crippen LogP contribution in [-0.4, -0.2) is 26.0 Å². The lowest BCUT2D eigenvalue weighted by Crippen LogP contribution is -2.32. The number of nitrogens with one attached hydrogen (secondary N) is 1. The van der Waals surface area contributed by atoms with Crippen LogP contribution in [0.3, 0.4) is 0 Å². The maximum Gasteiger partial charge on any atom is 0.282 e. The van der Waals surface area contributed by atoms with Crippen molar-refractivity contribution < 1.29 is 23.5 Å². The van der Waals surface area contributed by atoms with E-state index in [0.717, 1.165) is 16.0 Å². The Kier molecular flexibility index (Phi) is 5.87. The minimum absolute atomic E-state index is 0.107.